The number of nitrogens with zero attached hydrogens (tertiary/aromatic N) is 1. The third-order valence-corrected chi connectivity index (χ3v) is 2.55. The molecule has 17 heavy (non-hydrogen) atoms. The largest absolute Gasteiger partial charge is 0.487 e. The van der Waals surface area contributed by atoms with Gasteiger partial charge in [0.25, 0.3) is 0 Å². The molecule has 2 N–H and O–H groups in total. The van der Waals surface area contributed by atoms with E-state index < -0.39 is 0 Å². The van der Waals surface area contributed by atoms with E-state index in [1.165, 1.54) is 0 Å². The van der Waals surface area contributed by atoms with Crippen LogP contribution in [0.4, 0.5) is 0 Å². The molecule has 1 heterocycles. The molecule has 1 aromatic rings. The monoisotopic (exact) mass is 236 g/mol. The van der Waals surface area contributed by atoms with Crippen molar-refractivity contribution in [2.75, 3.05) is 0 Å². The molecular weight excluding hydrogens is 216 g/mol. The normalized spacial score (nSPS) is 24.0. The van der Waals surface area contributed by atoms with Gasteiger partial charge >= 0.3 is 0 Å². The van der Waals surface area contributed by atoms with Crippen LogP contribution in [0.25, 0.3) is 0 Å². The molecule has 0 atom stereocenters. The number of aromatic nitrogens is 1. The maximum atomic E-state index is 5.70. The summed E-state index contributed by atoms with van der Waals surface area (Å²) in [4.78, 5) is 4.22. The highest BCUT2D eigenvalue weighted by atomic mass is 16.5. The molecule has 1 saturated carbocycles. The summed E-state index contributed by atoms with van der Waals surface area (Å²) in [5, 5.41) is 0. The third kappa shape index (κ3) is 3.60. The van der Waals surface area contributed by atoms with Crippen LogP contribution in [0.15, 0.2) is 18.3 Å². The highest BCUT2D eigenvalue weighted by Gasteiger charge is 2.27. The molecule has 0 radical (unpaired) electrons. The van der Waals surface area contributed by atoms with Crippen LogP contribution in [-0.4, -0.2) is 22.7 Å². The Morgan fingerprint density at radius 3 is 2.47 bits per heavy atom. The second-order valence-corrected chi connectivity index (χ2v) is 5.52. The molecular formula is C13H20N2O2. The first-order valence-electron chi connectivity index (χ1n) is 6.00. The zero-order chi connectivity index (χ0) is 12.5. The van der Waals surface area contributed by atoms with Crippen LogP contribution in [0.2, 0.25) is 0 Å². The molecule has 0 spiro atoms. The van der Waals surface area contributed by atoms with Crippen molar-refractivity contribution in [1.82, 2.24) is 4.98 Å². The van der Waals surface area contributed by atoms with Crippen LogP contribution in [-0.2, 0) is 0 Å². The van der Waals surface area contributed by atoms with E-state index in [9.17, 15) is 0 Å². The lowest BCUT2D eigenvalue weighted by molar-refractivity contribution is 0.0947. The van der Waals surface area contributed by atoms with Crippen LogP contribution in [0.1, 0.15) is 33.6 Å². The molecule has 0 aromatic carbocycles. The molecule has 0 aliphatic heterocycles. The molecule has 94 valence electrons. The Hall–Kier alpha value is -1.29. The molecule has 4 heteroatoms. The minimum absolute atomic E-state index is 0.204. The van der Waals surface area contributed by atoms with Gasteiger partial charge in [0.2, 0.25) is 5.88 Å². The van der Waals surface area contributed by atoms with E-state index >= 15 is 0 Å². The van der Waals surface area contributed by atoms with E-state index in [1.807, 2.05) is 32.9 Å². The fourth-order valence-corrected chi connectivity index (χ4v) is 1.72. The van der Waals surface area contributed by atoms with E-state index in [0.717, 1.165) is 18.6 Å². The van der Waals surface area contributed by atoms with Crippen molar-refractivity contribution in [3.8, 4) is 11.6 Å². The van der Waals surface area contributed by atoms with Gasteiger partial charge in [0.15, 0.2) is 0 Å². The first-order chi connectivity index (χ1) is 7.92. The van der Waals surface area contributed by atoms with Gasteiger partial charge in [-0.1, -0.05) is 0 Å². The summed E-state index contributed by atoms with van der Waals surface area (Å²) in [6.45, 7) is 6.02. The van der Waals surface area contributed by atoms with Gasteiger partial charge in [0.05, 0.1) is 6.20 Å². The van der Waals surface area contributed by atoms with Crippen molar-refractivity contribution < 1.29 is 9.47 Å². The Morgan fingerprint density at radius 2 is 2.00 bits per heavy atom. The van der Waals surface area contributed by atoms with Gasteiger partial charge in [-0.2, -0.15) is 0 Å². The summed E-state index contributed by atoms with van der Waals surface area (Å²) in [6, 6.07) is 4.01. The minimum Gasteiger partial charge on any atom is -0.487 e. The van der Waals surface area contributed by atoms with Gasteiger partial charge in [-0.15, -0.1) is 0 Å². The Labute approximate surface area is 102 Å². The molecule has 0 amide bonds. The summed E-state index contributed by atoms with van der Waals surface area (Å²) in [5.74, 6) is 1.40. The molecule has 0 unspecified atom stereocenters. The molecule has 0 saturated heterocycles. The Balaban J connectivity index is 1.89. The lowest BCUT2D eigenvalue weighted by atomic mass is 9.90. The highest BCUT2D eigenvalue weighted by Crippen LogP contribution is 2.25. The summed E-state index contributed by atoms with van der Waals surface area (Å²) < 4.78 is 11.3. The SMILES string of the molecule is CC(C)(C)Oc1ccc(O[C@H]2C[C@@H](N)C2)nc1. The van der Waals surface area contributed by atoms with E-state index in [2.05, 4.69) is 4.98 Å². The van der Waals surface area contributed by atoms with Crippen LogP contribution in [0.3, 0.4) is 0 Å². The molecule has 1 fully saturated rings. The van der Waals surface area contributed by atoms with E-state index in [-0.39, 0.29) is 11.7 Å². The van der Waals surface area contributed by atoms with Crippen molar-refractivity contribution in [2.45, 2.75) is 51.4 Å². The predicted octanol–water partition coefficient (Wildman–Crippen LogP) is 2.13. The number of hydrogen-bond acceptors (Lipinski definition) is 4. The van der Waals surface area contributed by atoms with Crippen LogP contribution < -0.4 is 15.2 Å². The van der Waals surface area contributed by atoms with Crippen molar-refractivity contribution in [3.05, 3.63) is 18.3 Å². The molecule has 1 aliphatic carbocycles. The second kappa shape index (κ2) is 4.53. The Bertz CT molecular complexity index is 364. The first kappa shape index (κ1) is 12.2. The average molecular weight is 236 g/mol. The lowest BCUT2D eigenvalue weighted by Crippen LogP contribution is -2.43. The molecule has 4 nitrogen and oxygen atoms in total. The Morgan fingerprint density at radius 1 is 1.29 bits per heavy atom. The summed E-state index contributed by atoms with van der Waals surface area (Å²) in [7, 11) is 0. The number of rotatable bonds is 3. The maximum absolute atomic E-state index is 5.70. The van der Waals surface area contributed by atoms with Gasteiger partial charge in [0, 0.05) is 12.1 Å². The van der Waals surface area contributed by atoms with E-state index in [0.29, 0.717) is 11.9 Å². The molecule has 0 bridgehead atoms. The van der Waals surface area contributed by atoms with Gasteiger partial charge in [0.1, 0.15) is 17.5 Å². The molecule has 2 rings (SSSR count). The maximum Gasteiger partial charge on any atom is 0.213 e. The zero-order valence-corrected chi connectivity index (χ0v) is 10.6. The standard InChI is InChI=1S/C13H20N2O2/c1-13(2,3)17-10-4-5-12(15-8-10)16-11-6-9(14)7-11/h4-5,8-9,11H,6-7,14H2,1-3H3/t9-,11+. The van der Waals surface area contributed by atoms with Gasteiger partial charge in [-0.25, -0.2) is 4.98 Å². The first-order valence-corrected chi connectivity index (χ1v) is 6.00. The smallest absolute Gasteiger partial charge is 0.213 e. The van der Waals surface area contributed by atoms with Crippen LogP contribution >= 0.6 is 0 Å². The van der Waals surface area contributed by atoms with Crippen LogP contribution in [0, 0.1) is 0 Å². The zero-order valence-electron chi connectivity index (χ0n) is 10.6. The second-order valence-electron chi connectivity index (χ2n) is 5.52. The number of hydrogen-bond donors (Lipinski definition) is 1. The fraction of sp³-hybridized carbons (Fsp3) is 0.615. The molecule has 1 aliphatic rings. The van der Waals surface area contributed by atoms with Gasteiger partial charge in [-0.3, -0.25) is 0 Å². The minimum atomic E-state index is -0.204. The van der Waals surface area contributed by atoms with Crippen molar-refractivity contribution >= 4 is 0 Å². The third-order valence-electron chi connectivity index (χ3n) is 2.55. The summed E-state index contributed by atoms with van der Waals surface area (Å²) in [6.07, 6.45) is 3.76. The topological polar surface area (TPSA) is 57.4 Å². The summed E-state index contributed by atoms with van der Waals surface area (Å²) >= 11 is 0. The van der Waals surface area contributed by atoms with Crippen molar-refractivity contribution in [3.63, 3.8) is 0 Å². The molecule has 1 aromatic heterocycles. The van der Waals surface area contributed by atoms with Crippen LogP contribution in [0.5, 0.6) is 11.6 Å². The highest BCUT2D eigenvalue weighted by molar-refractivity contribution is 5.23. The summed E-state index contributed by atoms with van der Waals surface area (Å²) in [5.41, 5.74) is 5.49. The fourth-order valence-electron chi connectivity index (χ4n) is 1.72. The lowest BCUT2D eigenvalue weighted by Gasteiger charge is -2.32. The quantitative estimate of drug-likeness (QED) is 0.873. The van der Waals surface area contributed by atoms with Crippen molar-refractivity contribution in [2.24, 2.45) is 5.73 Å². The number of pyridine rings is 1. The predicted molar refractivity (Wildman–Crippen MR) is 66.2 cm³/mol. The van der Waals surface area contributed by atoms with Crippen molar-refractivity contribution in [1.29, 1.82) is 0 Å². The Kier molecular flexibility index (Phi) is 3.24. The number of nitrogens with two attached hydrogens (primary N) is 1. The number of ether oxygens (including phenoxy) is 2. The van der Waals surface area contributed by atoms with E-state index in [1.54, 1.807) is 6.20 Å². The average Bonchev–Trinajstić information content (AvgIpc) is 2.16. The van der Waals surface area contributed by atoms with E-state index in [4.69, 9.17) is 15.2 Å². The van der Waals surface area contributed by atoms with Gasteiger partial charge in [-0.05, 0) is 39.7 Å². The van der Waals surface area contributed by atoms with Gasteiger partial charge < -0.3 is 15.2 Å².